The maximum absolute atomic E-state index is 7.15. The predicted molar refractivity (Wildman–Crippen MR) is 367 cm³/mol. The van der Waals surface area contributed by atoms with Gasteiger partial charge in [-0.1, -0.05) is 239 Å². The van der Waals surface area contributed by atoms with E-state index in [0.717, 1.165) is 100 Å². The molecule has 0 fully saturated rings. The Morgan fingerprint density at radius 1 is 0.294 bits per heavy atom. The number of hydrogen-bond donors (Lipinski definition) is 0. The Bertz CT molecular complexity index is 5140. The van der Waals surface area contributed by atoms with Gasteiger partial charge >= 0.3 is 0 Å². The molecule has 15 aromatic rings. The van der Waals surface area contributed by atoms with Crippen LogP contribution in [0.25, 0.3) is 110 Å². The first kappa shape index (κ1) is 51.0. The molecule has 0 amide bonds. The summed E-state index contributed by atoms with van der Waals surface area (Å²) in [6.07, 6.45) is 0. The van der Waals surface area contributed by atoms with Crippen molar-refractivity contribution in [3.8, 4) is 33.4 Å². The van der Waals surface area contributed by atoms with E-state index in [4.69, 9.17) is 8.83 Å². The van der Waals surface area contributed by atoms with Gasteiger partial charge in [-0.2, -0.15) is 0 Å². The predicted octanol–water partition coefficient (Wildman–Crippen LogP) is 23.2. The average Bonchev–Trinajstić information content (AvgIpc) is 1.54. The van der Waals surface area contributed by atoms with E-state index in [-0.39, 0.29) is 4.66 Å². The van der Waals surface area contributed by atoms with Gasteiger partial charge in [0.1, 0.15) is 11.2 Å². The Balaban J connectivity index is 0.905. The summed E-state index contributed by atoms with van der Waals surface area (Å²) in [5.41, 5.74) is 20.1. The molecule has 2 aromatic heterocycles. The Morgan fingerprint density at radius 3 is 1.25 bits per heavy atom. The molecule has 0 unspecified atom stereocenters. The van der Waals surface area contributed by atoms with Gasteiger partial charge in [0.15, 0.2) is 11.2 Å². The highest BCUT2D eigenvalue weighted by Crippen LogP contribution is 2.63. The molecule has 13 aromatic carbocycles. The summed E-state index contributed by atoms with van der Waals surface area (Å²) >= 11 is 0. The van der Waals surface area contributed by atoms with Gasteiger partial charge in [0, 0.05) is 60.1 Å². The third kappa shape index (κ3) is 7.64. The molecule has 0 N–H and O–H groups in total. The summed E-state index contributed by atoms with van der Waals surface area (Å²) in [7, 11) is -4.44. The first-order valence-corrected chi connectivity index (χ1v) is 36.7. The number of nitrogens with zero attached hydrogens (tertiary/aromatic N) is 2. The van der Waals surface area contributed by atoms with Crippen molar-refractivity contribution in [1.29, 1.82) is 0 Å². The highest BCUT2D eigenvalue weighted by Gasteiger charge is 2.60. The lowest BCUT2D eigenvalue weighted by atomic mass is 9.90. The minimum Gasteiger partial charge on any atom is -0.453 e. The van der Waals surface area contributed by atoms with E-state index >= 15 is 0 Å². The van der Waals surface area contributed by atoms with Crippen LogP contribution in [0, 0.1) is 0 Å². The van der Waals surface area contributed by atoms with Crippen molar-refractivity contribution >= 4 is 126 Å². The number of anilines is 6. The zero-order valence-electron chi connectivity index (χ0n) is 48.6. The van der Waals surface area contributed by atoms with Crippen LogP contribution < -0.4 is 9.80 Å². The van der Waals surface area contributed by atoms with Gasteiger partial charge in [-0.15, -0.1) is 0 Å². The fourth-order valence-corrected chi connectivity index (χ4v) is 28.5. The summed E-state index contributed by atoms with van der Waals surface area (Å²) in [6, 6.07) is 97.9. The molecular formula is C79H62N2O2Si2. The molecule has 2 heterocycles. The first-order chi connectivity index (χ1) is 41.5. The van der Waals surface area contributed by atoms with Crippen LogP contribution in [0.15, 0.2) is 276 Å². The molecule has 408 valence electrons. The molecule has 1 aliphatic carbocycles. The van der Waals surface area contributed by atoms with Crippen LogP contribution >= 0.6 is 0 Å². The van der Waals surface area contributed by atoms with Crippen molar-refractivity contribution in [2.24, 2.45) is 0 Å². The van der Waals surface area contributed by atoms with E-state index < -0.39 is 16.1 Å². The third-order valence-corrected chi connectivity index (χ3v) is 28.5. The fourth-order valence-electron chi connectivity index (χ4n) is 15.4. The normalized spacial score (nSPS) is 13.2. The zero-order chi connectivity index (χ0) is 57.3. The molecule has 0 saturated heterocycles. The number of fused-ring (bicyclic) bond motifs is 15. The largest absolute Gasteiger partial charge is 0.453 e. The van der Waals surface area contributed by atoms with Crippen molar-refractivity contribution in [2.75, 3.05) is 9.80 Å². The van der Waals surface area contributed by atoms with Gasteiger partial charge in [0.05, 0.1) is 27.5 Å². The first-order valence-electron chi connectivity index (χ1n) is 29.7. The van der Waals surface area contributed by atoms with E-state index in [1.807, 2.05) is 0 Å². The molecule has 0 saturated carbocycles. The van der Waals surface area contributed by atoms with Crippen molar-refractivity contribution in [3.63, 3.8) is 0 Å². The van der Waals surface area contributed by atoms with Gasteiger partial charge in [0.25, 0.3) is 0 Å². The molecule has 85 heavy (non-hydrogen) atoms. The third-order valence-electron chi connectivity index (χ3n) is 18.5. The minimum atomic E-state index is -2.22. The quantitative estimate of drug-likeness (QED) is 0.101. The van der Waals surface area contributed by atoms with E-state index in [1.165, 1.54) is 54.6 Å². The molecule has 16 rings (SSSR count). The van der Waals surface area contributed by atoms with Crippen molar-refractivity contribution < 1.29 is 8.83 Å². The van der Waals surface area contributed by atoms with Crippen molar-refractivity contribution in [1.82, 2.24) is 0 Å². The smallest absolute Gasteiger partial charge is 0.159 e. The minimum absolute atomic E-state index is 0.177. The van der Waals surface area contributed by atoms with Crippen LogP contribution in [-0.2, 0) is 4.66 Å². The van der Waals surface area contributed by atoms with Gasteiger partial charge in [-0.25, -0.2) is 0 Å². The monoisotopic (exact) mass is 1130 g/mol. The Labute approximate surface area is 497 Å². The summed E-state index contributed by atoms with van der Waals surface area (Å²) < 4.78 is 14.1. The molecule has 0 aliphatic heterocycles. The van der Waals surface area contributed by atoms with Gasteiger partial charge < -0.3 is 18.6 Å². The maximum atomic E-state index is 7.15. The van der Waals surface area contributed by atoms with Crippen molar-refractivity contribution in [2.45, 2.75) is 43.9 Å². The van der Waals surface area contributed by atoms with E-state index in [9.17, 15) is 0 Å². The molecule has 0 radical (unpaired) electrons. The summed E-state index contributed by atoms with van der Waals surface area (Å²) in [6.45, 7) is 15.9. The Hall–Kier alpha value is -9.73. The average molecular weight is 1130 g/mol. The van der Waals surface area contributed by atoms with E-state index in [0.29, 0.717) is 0 Å². The molecule has 0 bridgehead atoms. The van der Waals surface area contributed by atoms with Crippen molar-refractivity contribution in [3.05, 3.63) is 278 Å². The molecule has 6 heteroatoms. The lowest BCUT2D eigenvalue weighted by molar-refractivity contribution is 0.670. The number of furan rings is 2. The molecule has 1 aliphatic rings. The second-order valence-corrected chi connectivity index (χ2v) is 36.2. The van der Waals surface area contributed by atoms with Gasteiger partial charge in [-0.3, -0.25) is 0 Å². The SMILES string of the molecule is C[Si](C)(C)C1([Si](C)(C)C)c2cc3cc(N(c4ccccc4)c4cccc5c4oc4c(-c6ccccc6)cccc45)ccc3cc2-c2c1c1ccc(N(c3ccccc3)c3cccc4c3oc3c(-c5ccccc5)cccc34)cc1c1ccccc21. The lowest BCUT2D eigenvalue weighted by Crippen LogP contribution is -2.63. The van der Waals surface area contributed by atoms with Crippen LogP contribution in [0.5, 0.6) is 0 Å². The van der Waals surface area contributed by atoms with Crippen LogP contribution in [-0.4, -0.2) is 16.1 Å². The lowest BCUT2D eigenvalue weighted by Gasteiger charge is -2.51. The molecule has 4 nitrogen and oxygen atoms in total. The van der Waals surface area contributed by atoms with Gasteiger partial charge in [0.2, 0.25) is 0 Å². The van der Waals surface area contributed by atoms with Crippen LogP contribution in [0.2, 0.25) is 39.3 Å². The maximum Gasteiger partial charge on any atom is 0.159 e. The number of rotatable bonds is 10. The van der Waals surface area contributed by atoms with E-state index in [2.05, 4.69) is 316 Å². The standard InChI is InChI=1S/C79H62N2O2Si2/c1-84(2,3)79(85(4,5)6)70-49-54-47-57(80(55-29-15-9-16-30-55)71-41-23-39-66-64-37-21-35-59(75(64)82-77(66)71)51-25-11-7-12-26-51)44-43-53(54)48-69(70)73-62-34-20-19-33-61(62)68-50-58(45-46-63(68)74(73)79)81(56-31-17-10-18-32-56)72-42-24-40-67-65-38-22-36-60(76(65)83-78(67)72)52-27-13-8-14-28-52/h7-50H,1-6H3. The Kier molecular flexibility index (Phi) is 11.5. The number of para-hydroxylation sites is 6. The van der Waals surface area contributed by atoms with Crippen LogP contribution in [0.4, 0.5) is 34.1 Å². The summed E-state index contributed by atoms with van der Waals surface area (Å²) in [4.78, 5) is 4.81. The fraction of sp³-hybridized carbons (Fsp3) is 0.0886. The van der Waals surface area contributed by atoms with Crippen LogP contribution in [0.3, 0.4) is 0 Å². The summed E-state index contributed by atoms with van der Waals surface area (Å²) in [5.74, 6) is 0. The summed E-state index contributed by atoms with van der Waals surface area (Å²) in [5, 5.41) is 12.0. The second-order valence-electron chi connectivity index (χ2n) is 25.2. The molecule has 0 spiro atoms. The van der Waals surface area contributed by atoms with E-state index in [1.54, 1.807) is 0 Å². The van der Waals surface area contributed by atoms with Gasteiger partial charge in [-0.05, 0) is 132 Å². The molecule has 0 atom stereocenters. The number of hydrogen-bond acceptors (Lipinski definition) is 4. The van der Waals surface area contributed by atoms with Crippen LogP contribution in [0.1, 0.15) is 11.1 Å². The Morgan fingerprint density at radius 2 is 0.729 bits per heavy atom. The molecular weight excluding hydrogens is 1070 g/mol. The second kappa shape index (κ2) is 19.2. The highest BCUT2D eigenvalue weighted by molar-refractivity contribution is 7.00. The highest BCUT2D eigenvalue weighted by atomic mass is 28.4. The number of benzene rings is 13. The zero-order valence-corrected chi connectivity index (χ0v) is 50.6. The topological polar surface area (TPSA) is 32.8 Å².